The fourth-order valence-corrected chi connectivity index (χ4v) is 0.785. The van der Waals surface area contributed by atoms with Gasteiger partial charge in [-0.05, 0) is 13.3 Å². The van der Waals surface area contributed by atoms with E-state index in [0.29, 0.717) is 11.1 Å². The van der Waals surface area contributed by atoms with E-state index in [1.54, 1.807) is 19.1 Å². The third-order valence-corrected chi connectivity index (χ3v) is 1.46. The van der Waals surface area contributed by atoms with Gasteiger partial charge in [-0.15, -0.1) is 0 Å². The van der Waals surface area contributed by atoms with E-state index >= 15 is 0 Å². The van der Waals surface area contributed by atoms with E-state index in [0.717, 1.165) is 12.8 Å². The van der Waals surface area contributed by atoms with Gasteiger partial charge in [-0.2, -0.15) is 10.5 Å². The second-order valence-corrected chi connectivity index (χ2v) is 2.33. The van der Waals surface area contributed by atoms with Crippen molar-refractivity contribution < 1.29 is 0 Å². The first-order valence-corrected chi connectivity index (χ1v) is 3.97. The molecule has 0 aliphatic heterocycles. The van der Waals surface area contributed by atoms with Crippen LogP contribution < -0.4 is 0 Å². The van der Waals surface area contributed by atoms with E-state index in [9.17, 15) is 0 Å². The summed E-state index contributed by atoms with van der Waals surface area (Å²) in [4.78, 5) is 0. The number of hydrogen-bond acceptors (Lipinski definition) is 2. The molecule has 0 saturated carbocycles. The van der Waals surface area contributed by atoms with Crippen LogP contribution in [0.1, 0.15) is 26.7 Å². The highest BCUT2D eigenvalue weighted by Crippen LogP contribution is 2.09. The molecule has 0 aliphatic rings. The SMILES string of the molecule is CC=C(C#N)C(C#N)=CCCC. The minimum atomic E-state index is 0.464. The average Bonchev–Trinajstić information content (AvgIpc) is 2.12. The van der Waals surface area contributed by atoms with Gasteiger partial charge in [0.2, 0.25) is 0 Å². The zero-order chi connectivity index (χ0) is 9.40. The minimum absolute atomic E-state index is 0.464. The van der Waals surface area contributed by atoms with Gasteiger partial charge in [-0.3, -0.25) is 0 Å². The monoisotopic (exact) mass is 160 g/mol. The second-order valence-electron chi connectivity index (χ2n) is 2.33. The van der Waals surface area contributed by atoms with Crippen LogP contribution in [0.3, 0.4) is 0 Å². The van der Waals surface area contributed by atoms with Gasteiger partial charge in [0, 0.05) is 0 Å². The number of nitrogens with zero attached hydrogens (tertiary/aromatic N) is 2. The molecule has 0 aromatic carbocycles. The maximum atomic E-state index is 8.68. The normalized spacial score (nSPS) is 12.0. The van der Waals surface area contributed by atoms with E-state index in [-0.39, 0.29) is 0 Å². The van der Waals surface area contributed by atoms with Gasteiger partial charge in [0.25, 0.3) is 0 Å². The van der Waals surface area contributed by atoms with Crippen LogP contribution in [0.5, 0.6) is 0 Å². The van der Waals surface area contributed by atoms with Crippen LogP contribution in [0.4, 0.5) is 0 Å². The first-order valence-electron chi connectivity index (χ1n) is 3.97. The van der Waals surface area contributed by atoms with Crippen molar-refractivity contribution in [2.24, 2.45) is 0 Å². The predicted octanol–water partition coefficient (Wildman–Crippen LogP) is 2.71. The molecule has 0 aromatic heterocycles. The van der Waals surface area contributed by atoms with Crippen molar-refractivity contribution in [1.29, 1.82) is 10.5 Å². The molecule has 2 heteroatoms. The Morgan fingerprint density at radius 2 is 1.83 bits per heavy atom. The zero-order valence-electron chi connectivity index (χ0n) is 7.46. The predicted molar refractivity (Wildman–Crippen MR) is 48.0 cm³/mol. The van der Waals surface area contributed by atoms with Crippen LogP contribution in [0, 0.1) is 22.7 Å². The fourth-order valence-electron chi connectivity index (χ4n) is 0.785. The molecule has 0 bridgehead atoms. The number of unbranched alkanes of at least 4 members (excludes halogenated alkanes) is 1. The van der Waals surface area contributed by atoms with Crippen LogP contribution in [0.15, 0.2) is 23.3 Å². The summed E-state index contributed by atoms with van der Waals surface area (Å²) in [6, 6.07) is 3.99. The van der Waals surface area contributed by atoms with Crippen LogP contribution in [0.25, 0.3) is 0 Å². The Morgan fingerprint density at radius 3 is 2.17 bits per heavy atom. The van der Waals surface area contributed by atoms with Gasteiger partial charge in [0.1, 0.15) is 12.1 Å². The Bertz CT molecular complexity index is 271. The number of nitriles is 2. The third-order valence-electron chi connectivity index (χ3n) is 1.46. The molecule has 0 amide bonds. The molecule has 62 valence electrons. The number of hydrogen-bond donors (Lipinski definition) is 0. The third kappa shape index (κ3) is 3.03. The Hall–Kier alpha value is -1.54. The molecule has 0 fully saturated rings. The quantitative estimate of drug-likeness (QED) is 0.470. The lowest BCUT2D eigenvalue weighted by molar-refractivity contribution is 0.954. The van der Waals surface area contributed by atoms with Crippen molar-refractivity contribution in [2.45, 2.75) is 26.7 Å². The Morgan fingerprint density at radius 1 is 1.25 bits per heavy atom. The molecule has 0 saturated heterocycles. The van der Waals surface area contributed by atoms with E-state index in [2.05, 4.69) is 0 Å². The van der Waals surface area contributed by atoms with E-state index in [4.69, 9.17) is 10.5 Å². The molecule has 0 unspecified atom stereocenters. The Balaban J connectivity index is 4.60. The standard InChI is InChI=1S/C10H12N2/c1-3-5-6-10(8-12)9(4-2)7-11/h4,6H,3,5H2,1-2H3. The van der Waals surface area contributed by atoms with Gasteiger partial charge in [0.05, 0.1) is 11.1 Å². The largest absolute Gasteiger partial charge is 0.192 e. The van der Waals surface area contributed by atoms with Gasteiger partial charge in [0.15, 0.2) is 0 Å². The summed E-state index contributed by atoms with van der Waals surface area (Å²) in [5.41, 5.74) is 0.952. The summed E-state index contributed by atoms with van der Waals surface area (Å²) in [5, 5.41) is 17.3. The first kappa shape index (κ1) is 10.5. The first-order chi connectivity index (χ1) is 5.79. The lowest BCUT2D eigenvalue weighted by atomic mass is 10.1. The topological polar surface area (TPSA) is 47.6 Å². The van der Waals surface area contributed by atoms with Crippen molar-refractivity contribution in [1.82, 2.24) is 0 Å². The zero-order valence-corrected chi connectivity index (χ0v) is 7.46. The Labute approximate surface area is 73.4 Å². The Kier molecular flexibility index (Phi) is 5.39. The summed E-state index contributed by atoms with van der Waals surface area (Å²) >= 11 is 0. The highest BCUT2D eigenvalue weighted by Gasteiger charge is 1.99. The van der Waals surface area contributed by atoms with Crippen LogP contribution in [-0.4, -0.2) is 0 Å². The molecule has 12 heavy (non-hydrogen) atoms. The van der Waals surface area contributed by atoms with E-state index < -0.39 is 0 Å². The lowest BCUT2D eigenvalue weighted by Crippen LogP contribution is -1.83. The smallest absolute Gasteiger partial charge is 0.100 e. The molecule has 0 heterocycles. The van der Waals surface area contributed by atoms with Gasteiger partial charge in [-0.25, -0.2) is 0 Å². The van der Waals surface area contributed by atoms with Crippen molar-refractivity contribution in [2.75, 3.05) is 0 Å². The number of rotatable bonds is 3. The second kappa shape index (κ2) is 6.19. The summed E-state index contributed by atoms with van der Waals surface area (Å²) in [7, 11) is 0. The molecule has 0 spiro atoms. The fraction of sp³-hybridized carbons (Fsp3) is 0.400. The maximum Gasteiger partial charge on any atom is 0.100 e. The maximum absolute atomic E-state index is 8.68. The van der Waals surface area contributed by atoms with Crippen molar-refractivity contribution >= 4 is 0 Å². The minimum Gasteiger partial charge on any atom is -0.192 e. The van der Waals surface area contributed by atoms with Gasteiger partial charge in [-0.1, -0.05) is 25.5 Å². The summed E-state index contributed by atoms with van der Waals surface area (Å²) in [6.45, 7) is 3.79. The van der Waals surface area contributed by atoms with Gasteiger partial charge >= 0.3 is 0 Å². The van der Waals surface area contributed by atoms with Crippen LogP contribution in [0.2, 0.25) is 0 Å². The summed E-state index contributed by atoms with van der Waals surface area (Å²) < 4.78 is 0. The van der Waals surface area contributed by atoms with E-state index in [1.165, 1.54) is 0 Å². The molecule has 0 rings (SSSR count). The van der Waals surface area contributed by atoms with Gasteiger partial charge < -0.3 is 0 Å². The molecule has 0 aliphatic carbocycles. The van der Waals surface area contributed by atoms with Crippen LogP contribution in [-0.2, 0) is 0 Å². The van der Waals surface area contributed by atoms with Crippen molar-refractivity contribution in [3.63, 3.8) is 0 Å². The molecular formula is C10H12N2. The summed E-state index contributed by atoms with van der Waals surface area (Å²) in [5.74, 6) is 0. The van der Waals surface area contributed by atoms with E-state index in [1.807, 2.05) is 19.1 Å². The van der Waals surface area contributed by atoms with Crippen molar-refractivity contribution in [3.05, 3.63) is 23.3 Å². The summed E-state index contributed by atoms with van der Waals surface area (Å²) in [6.07, 6.45) is 5.30. The molecule has 0 N–H and O–H groups in total. The lowest BCUT2D eigenvalue weighted by Gasteiger charge is -1.92. The molecule has 2 nitrogen and oxygen atoms in total. The highest BCUT2D eigenvalue weighted by atomic mass is 14.3. The molecular weight excluding hydrogens is 148 g/mol. The molecule has 0 aromatic rings. The molecule has 0 radical (unpaired) electrons. The average molecular weight is 160 g/mol. The molecule has 0 atom stereocenters. The van der Waals surface area contributed by atoms with Crippen molar-refractivity contribution in [3.8, 4) is 12.1 Å². The van der Waals surface area contributed by atoms with Crippen LogP contribution >= 0.6 is 0 Å². The number of allylic oxidation sites excluding steroid dienone is 4. The highest BCUT2D eigenvalue weighted by molar-refractivity contribution is 5.49.